The quantitative estimate of drug-likeness (QED) is 0.0828. The van der Waals surface area contributed by atoms with Gasteiger partial charge in [0.1, 0.15) is 0 Å². The van der Waals surface area contributed by atoms with Gasteiger partial charge in [0, 0.05) is 17.1 Å². The van der Waals surface area contributed by atoms with Crippen molar-refractivity contribution in [3.8, 4) is 167 Å². The molecule has 0 N–H and O–H groups in total. The van der Waals surface area contributed by atoms with Gasteiger partial charge in [0.25, 0.3) is 0 Å². The van der Waals surface area contributed by atoms with Gasteiger partial charge in [0.15, 0.2) is 0 Å². The fraction of sp³-hybridized carbons (Fsp3) is 0.0270. The molecule has 1 nitrogen and oxygen atoms in total. The molecular formula is C111H81N. The highest BCUT2D eigenvalue weighted by molar-refractivity contribution is 6.13. The highest BCUT2D eigenvalue weighted by atomic mass is 15.1. The lowest BCUT2D eigenvalue weighted by Crippen LogP contribution is -2.10. The average Bonchev–Trinajstić information content (AvgIpc) is 0.769. The van der Waals surface area contributed by atoms with Crippen molar-refractivity contribution in [1.29, 1.82) is 0 Å². The third-order valence-electron chi connectivity index (χ3n) is 22.2. The highest BCUT2D eigenvalue weighted by Gasteiger charge is 2.32. The van der Waals surface area contributed by atoms with Gasteiger partial charge in [-0.2, -0.15) is 0 Å². The molecule has 18 aromatic carbocycles. The SMILES string of the molecule is Cc1c(-c2ccccc2)c(-c2ccccc2)c(-c2ccccc2)c(-c2ccccc2)c1-c1ccc(N(c2ccc(-c3c(C)c(-c4ccccc4)c(-c4ccccc4)c(-c4ccccc4)c3-c3ccccc3)cc2)c2ccc(-c3c(C)c(-c4ccccc4)c(-c4ccccc4)c(-c4ccccc4)c3-c3ccccc3)cc2)cc1. The maximum absolute atomic E-state index is 2.45. The van der Waals surface area contributed by atoms with Gasteiger partial charge in [-0.05, 0) is 241 Å². The second-order valence-electron chi connectivity index (χ2n) is 28.9. The molecule has 0 heterocycles. The minimum atomic E-state index is 1.02. The van der Waals surface area contributed by atoms with Gasteiger partial charge in [-0.25, -0.2) is 0 Å². The molecule has 1 heteroatoms. The van der Waals surface area contributed by atoms with Gasteiger partial charge < -0.3 is 4.90 Å². The normalized spacial score (nSPS) is 11.2. The van der Waals surface area contributed by atoms with E-state index in [9.17, 15) is 0 Å². The maximum Gasteiger partial charge on any atom is 0.0462 e. The van der Waals surface area contributed by atoms with Gasteiger partial charge in [-0.15, -0.1) is 0 Å². The van der Waals surface area contributed by atoms with E-state index in [4.69, 9.17) is 0 Å². The summed E-state index contributed by atoms with van der Waals surface area (Å²) in [4.78, 5) is 2.45. The third kappa shape index (κ3) is 13.1. The topological polar surface area (TPSA) is 3.24 Å². The van der Waals surface area contributed by atoms with Crippen molar-refractivity contribution in [3.05, 3.63) is 453 Å². The lowest BCUT2D eigenvalue weighted by molar-refractivity contribution is 1.28. The van der Waals surface area contributed by atoms with Crippen LogP contribution >= 0.6 is 0 Å². The maximum atomic E-state index is 2.45. The molecule has 0 aliphatic rings. The van der Waals surface area contributed by atoms with Crippen LogP contribution < -0.4 is 4.90 Å². The number of nitrogens with zero attached hydrogens (tertiary/aromatic N) is 1. The van der Waals surface area contributed by atoms with Crippen LogP contribution in [0.3, 0.4) is 0 Å². The van der Waals surface area contributed by atoms with Gasteiger partial charge in [-0.3, -0.25) is 0 Å². The Kier molecular flexibility index (Phi) is 19.3. The summed E-state index contributed by atoms with van der Waals surface area (Å²) in [5.74, 6) is 0. The molecule has 18 rings (SSSR count). The van der Waals surface area contributed by atoms with Crippen molar-refractivity contribution in [2.24, 2.45) is 0 Å². The van der Waals surface area contributed by atoms with E-state index in [0.717, 1.165) is 67.1 Å². The molecule has 0 amide bonds. The third-order valence-corrected chi connectivity index (χ3v) is 22.2. The molecule has 530 valence electrons. The molecule has 18 aromatic rings. The molecule has 0 aliphatic carbocycles. The first-order chi connectivity index (χ1) is 55.4. The lowest BCUT2D eigenvalue weighted by atomic mass is 9.76. The predicted molar refractivity (Wildman–Crippen MR) is 477 cm³/mol. The molecule has 0 bridgehead atoms. The fourth-order valence-corrected chi connectivity index (χ4v) is 17.4. The Morgan fingerprint density at radius 1 is 0.107 bits per heavy atom. The number of rotatable bonds is 18. The van der Waals surface area contributed by atoms with Crippen molar-refractivity contribution < 1.29 is 0 Å². The standard InChI is InChI=1S/C111H81N/c1-76-97(79-40-16-4-17-41-79)103(82-46-22-7-23-47-82)109(88-58-34-13-35-59-88)106(85-52-28-10-29-53-85)100(76)91-64-70-94(71-65-91)112(95-72-66-92(67-73-95)101-77(2)98(80-42-18-5-19-43-80)104(83-48-24-8-25-49-83)110(89-60-36-14-37-61-89)107(101)86-54-30-11-31-55-86)96-74-68-93(69-75-96)102-78(3)99(81-44-20-6-21-45-81)105(84-50-26-9-27-51-84)111(90-62-38-15-39-63-90)108(102)87-56-32-12-33-57-87/h4-75H,1-3H3. The molecule has 0 aliphatic heterocycles. The molecule has 0 aromatic heterocycles. The molecule has 0 radical (unpaired) electrons. The Morgan fingerprint density at radius 2 is 0.205 bits per heavy atom. The summed E-state index contributed by atoms with van der Waals surface area (Å²) in [6, 6.07) is 161. The van der Waals surface area contributed by atoms with E-state index in [1.165, 1.54) is 134 Å². The lowest BCUT2D eigenvalue weighted by Gasteiger charge is -2.29. The van der Waals surface area contributed by atoms with Crippen LogP contribution in [0.2, 0.25) is 0 Å². The zero-order valence-corrected chi connectivity index (χ0v) is 63.0. The monoisotopic (exact) mass is 1430 g/mol. The number of benzene rings is 18. The van der Waals surface area contributed by atoms with Crippen LogP contribution in [0.1, 0.15) is 16.7 Å². The van der Waals surface area contributed by atoms with E-state index < -0.39 is 0 Å². The van der Waals surface area contributed by atoms with Crippen LogP contribution in [0.25, 0.3) is 167 Å². The molecule has 0 atom stereocenters. The first-order valence-corrected chi connectivity index (χ1v) is 38.8. The first kappa shape index (κ1) is 69.5. The van der Waals surface area contributed by atoms with Crippen molar-refractivity contribution in [1.82, 2.24) is 0 Å². The van der Waals surface area contributed by atoms with Crippen molar-refractivity contribution in [2.45, 2.75) is 20.8 Å². The average molecular weight is 1430 g/mol. The largest absolute Gasteiger partial charge is 0.311 e. The second kappa shape index (κ2) is 31.2. The summed E-state index contributed by atoms with van der Waals surface area (Å²) in [6.45, 7) is 7.02. The Hall–Kier alpha value is -14.2. The molecule has 0 unspecified atom stereocenters. The Labute approximate surface area is 658 Å². The number of anilines is 3. The summed E-state index contributed by atoms with van der Waals surface area (Å²) < 4.78 is 0. The minimum Gasteiger partial charge on any atom is -0.311 e. The van der Waals surface area contributed by atoms with Gasteiger partial charge in [-0.1, -0.05) is 400 Å². The summed E-state index contributed by atoms with van der Waals surface area (Å²) in [6.07, 6.45) is 0. The molecule has 0 spiro atoms. The number of hydrogen-bond acceptors (Lipinski definition) is 1. The van der Waals surface area contributed by atoms with Gasteiger partial charge in [0.2, 0.25) is 0 Å². The Morgan fingerprint density at radius 3 is 0.330 bits per heavy atom. The predicted octanol–water partition coefficient (Wildman–Crippen LogP) is 31.1. The van der Waals surface area contributed by atoms with Crippen molar-refractivity contribution in [3.63, 3.8) is 0 Å². The smallest absolute Gasteiger partial charge is 0.0462 e. The van der Waals surface area contributed by atoms with Crippen LogP contribution in [-0.4, -0.2) is 0 Å². The summed E-state index contributed by atoms with van der Waals surface area (Å²) in [5, 5.41) is 0. The van der Waals surface area contributed by atoms with Crippen molar-refractivity contribution >= 4 is 17.1 Å². The second-order valence-corrected chi connectivity index (χ2v) is 28.9. The molecule has 0 saturated carbocycles. The van der Waals surface area contributed by atoms with E-state index in [0.29, 0.717) is 0 Å². The summed E-state index contributed by atoms with van der Waals surface area (Å²) in [7, 11) is 0. The molecule has 0 fully saturated rings. The summed E-state index contributed by atoms with van der Waals surface area (Å²) >= 11 is 0. The Bertz CT molecular complexity index is 5670. The number of hydrogen-bond donors (Lipinski definition) is 0. The Balaban J connectivity index is 0.880. The first-order valence-electron chi connectivity index (χ1n) is 38.8. The fourth-order valence-electron chi connectivity index (χ4n) is 17.4. The zero-order valence-electron chi connectivity index (χ0n) is 63.0. The van der Waals surface area contributed by atoms with E-state index in [1.807, 2.05) is 0 Å². The summed E-state index contributed by atoms with van der Waals surface area (Å²) in [5.41, 5.74) is 42.0. The van der Waals surface area contributed by atoms with E-state index in [2.05, 4.69) is 462 Å². The van der Waals surface area contributed by atoms with Crippen LogP contribution in [0.4, 0.5) is 17.1 Å². The van der Waals surface area contributed by atoms with Crippen LogP contribution in [0.5, 0.6) is 0 Å². The van der Waals surface area contributed by atoms with E-state index >= 15 is 0 Å². The molecule has 112 heavy (non-hydrogen) atoms. The van der Waals surface area contributed by atoms with E-state index in [1.54, 1.807) is 0 Å². The van der Waals surface area contributed by atoms with Crippen LogP contribution in [0.15, 0.2) is 437 Å². The van der Waals surface area contributed by atoms with Gasteiger partial charge >= 0.3 is 0 Å². The minimum absolute atomic E-state index is 1.02. The highest BCUT2D eigenvalue weighted by Crippen LogP contribution is 2.57. The molecular weight excluding hydrogens is 1350 g/mol. The van der Waals surface area contributed by atoms with Crippen LogP contribution in [0, 0.1) is 20.8 Å². The van der Waals surface area contributed by atoms with Gasteiger partial charge in [0.05, 0.1) is 0 Å². The zero-order chi connectivity index (χ0) is 75.3. The van der Waals surface area contributed by atoms with E-state index in [-0.39, 0.29) is 0 Å². The van der Waals surface area contributed by atoms with Crippen LogP contribution in [-0.2, 0) is 0 Å². The molecule has 0 saturated heterocycles. The van der Waals surface area contributed by atoms with Crippen molar-refractivity contribution in [2.75, 3.05) is 4.90 Å².